The van der Waals surface area contributed by atoms with E-state index in [1.807, 2.05) is 0 Å². The molecular weight excluding hydrogens is 230 g/mol. The van der Waals surface area contributed by atoms with Gasteiger partial charge in [0.25, 0.3) is 0 Å². The first-order valence-corrected chi connectivity index (χ1v) is 6.22. The van der Waals surface area contributed by atoms with Gasteiger partial charge in [0, 0.05) is 25.4 Å². The van der Waals surface area contributed by atoms with Gasteiger partial charge in [0.15, 0.2) is 0 Å². The molecule has 1 aromatic rings. The molecule has 0 spiro atoms. The molecule has 0 saturated carbocycles. The van der Waals surface area contributed by atoms with Gasteiger partial charge in [-0.3, -0.25) is 0 Å². The van der Waals surface area contributed by atoms with E-state index in [1.165, 1.54) is 18.9 Å². The van der Waals surface area contributed by atoms with Crippen LogP contribution in [0, 0.1) is 0 Å². The quantitative estimate of drug-likeness (QED) is 0.598. The van der Waals surface area contributed by atoms with E-state index in [4.69, 9.17) is 4.74 Å². The Kier molecular flexibility index (Phi) is 4.28. The highest BCUT2D eigenvalue weighted by Gasteiger charge is 2.14. The molecule has 1 aliphatic rings. The summed E-state index contributed by atoms with van der Waals surface area (Å²) in [6.45, 7) is 4.17. The number of carbonyl (C=O) groups is 1. The van der Waals surface area contributed by atoms with E-state index in [0.29, 0.717) is 6.61 Å². The number of ether oxygens (including phenoxy) is 1. The van der Waals surface area contributed by atoms with Crippen molar-refractivity contribution in [2.75, 3.05) is 24.6 Å². The van der Waals surface area contributed by atoms with Crippen molar-refractivity contribution in [2.45, 2.75) is 19.8 Å². The van der Waals surface area contributed by atoms with Crippen LogP contribution in [0.15, 0.2) is 18.3 Å². The lowest BCUT2D eigenvalue weighted by Gasteiger charge is -2.14. The van der Waals surface area contributed by atoms with E-state index in [2.05, 4.69) is 14.9 Å². The van der Waals surface area contributed by atoms with Gasteiger partial charge < -0.3 is 9.64 Å². The van der Waals surface area contributed by atoms with Crippen molar-refractivity contribution in [3.63, 3.8) is 0 Å². The molecule has 0 atom stereocenters. The third-order valence-corrected chi connectivity index (χ3v) is 2.73. The molecule has 0 aliphatic carbocycles. The van der Waals surface area contributed by atoms with Crippen molar-refractivity contribution in [3.05, 3.63) is 24.0 Å². The summed E-state index contributed by atoms with van der Waals surface area (Å²) >= 11 is 0. The van der Waals surface area contributed by atoms with E-state index >= 15 is 0 Å². The van der Waals surface area contributed by atoms with Crippen LogP contribution in [0.5, 0.6) is 0 Å². The van der Waals surface area contributed by atoms with Crippen LogP contribution in [0.1, 0.15) is 25.5 Å². The second kappa shape index (κ2) is 6.14. The van der Waals surface area contributed by atoms with Gasteiger partial charge in [-0.25, -0.2) is 14.8 Å². The van der Waals surface area contributed by atoms with Crippen molar-refractivity contribution in [3.8, 4) is 0 Å². The molecule has 2 rings (SSSR count). The lowest BCUT2D eigenvalue weighted by Crippen LogP contribution is -2.20. The van der Waals surface area contributed by atoms with Gasteiger partial charge in [0.1, 0.15) is 0 Å². The second-order valence-corrected chi connectivity index (χ2v) is 4.06. The average molecular weight is 247 g/mol. The second-order valence-electron chi connectivity index (χ2n) is 4.06. The Labute approximate surface area is 106 Å². The molecule has 0 radical (unpaired) electrons. The number of hydrogen-bond acceptors (Lipinski definition) is 5. The van der Waals surface area contributed by atoms with Gasteiger partial charge in [0.05, 0.1) is 12.3 Å². The lowest BCUT2D eigenvalue weighted by atomic mass is 10.3. The zero-order chi connectivity index (χ0) is 12.8. The van der Waals surface area contributed by atoms with Crippen LogP contribution in [0.4, 0.5) is 5.95 Å². The first-order chi connectivity index (χ1) is 8.79. The molecule has 18 heavy (non-hydrogen) atoms. The van der Waals surface area contributed by atoms with Gasteiger partial charge in [0.2, 0.25) is 5.95 Å². The molecule has 0 aromatic carbocycles. The minimum absolute atomic E-state index is 0.348. The summed E-state index contributed by atoms with van der Waals surface area (Å²) in [4.78, 5) is 22.0. The Balaban J connectivity index is 2.05. The maximum absolute atomic E-state index is 11.2. The zero-order valence-electron chi connectivity index (χ0n) is 10.5. The number of anilines is 1. The molecule has 0 bridgehead atoms. The Bertz CT molecular complexity index is 440. The standard InChI is InChI=1S/C13H17N3O2/c1-2-18-12(17)6-5-11-7-8-14-13(15-11)16-9-3-4-10-16/h5-8H,2-4,9-10H2,1H3/b6-5-. The minimum Gasteiger partial charge on any atom is -0.463 e. The number of hydrogen-bond donors (Lipinski definition) is 0. The highest BCUT2D eigenvalue weighted by Crippen LogP contribution is 2.15. The highest BCUT2D eigenvalue weighted by molar-refractivity contribution is 5.86. The van der Waals surface area contributed by atoms with Gasteiger partial charge in [-0.15, -0.1) is 0 Å². The Hall–Kier alpha value is -1.91. The molecule has 2 heterocycles. The maximum Gasteiger partial charge on any atom is 0.330 e. The molecule has 1 aliphatic heterocycles. The van der Waals surface area contributed by atoms with Gasteiger partial charge in [-0.2, -0.15) is 0 Å². The molecule has 0 amide bonds. The third-order valence-electron chi connectivity index (χ3n) is 2.73. The first-order valence-electron chi connectivity index (χ1n) is 6.22. The Morgan fingerprint density at radius 1 is 1.50 bits per heavy atom. The van der Waals surface area contributed by atoms with Crippen LogP contribution in [0.2, 0.25) is 0 Å². The molecule has 1 saturated heterocycles. The van der Waals surface area contributed by atoms with E-state index in [1.54, 1.807) is 25.3 Å². The fourth-order valence-electron chi connectivity index (χ4n) is 1.87. The predicted octanol–water partition coefficient (Wildman–Crippen LogP) is 1.65. The normalized spacial score (nSPS) is 15.3. The molecule has 0 unspecified atom stereocenters. The largest absolute Gasteiger partial charge is 0.463 e. The average Bonchev–Trinajstić information content (AvgIpc) is 2.91. The third kappa shape index (κ3) is 3.29. The summed E-state index contributed by atoms with van der Waals surface area (Å²) < 4.78 is 4.81. The monoisotopic (exact) mass is 247 g/mol. The van der Waals surface area contributed by atoms with Crippen molar-refractivity contribution in [2.24, 2.45) is 0 Å². The number of esters is 1. The van der Waals surface area contributed by atoms with Crippen LogP contribution in [0.25, 0.3) is 6.08 Å². The summed E-state index contributed by atoms with van der Waals surface area (Å²) in [6.07, 6.45) is 7.13. The molecule has 1 aromatic heterocycles. The Morgan fingerprint density at radius 2 is 2.28 bits per heavy atom. The van der Waals surface area contributed by atoms with Crippen LogP contribution in [-0.4, -0.2) is 35.6 Å². The fourth-order valence-corrected chi connectivity index (χ4v) is 1.87. The molecule has 96 valence electrons. The summed E-state index contributed by atoms with van der Waals surface area (Å²) in [6, 6.07) is 1.77. The van der Waals surface area contributed by atoms with Crippen molar-refractivity contribution in [1.82, 2.24) is 9.97 Å². The predicted molar refractivity (Wildman–Crippen MR) is 69.1 cm³/mol. The van der Waals surface area contributed by atoms with Crippen LogP contribution >= 0.6 is 0 Å². The van der Waals surface area contributed by atoms with Crippen LogP contribution in [0.3, 0.4) is 0 Å². The SMILES string of the molecule is CCOC(=O)/C=C\c1ccnc(N2CCCC2)n1. The summed E-state index contributed by atoms with van der Waals surface area (Å²) in [5.41, 5.74) is 0.722. The smallest absolute Gasteiger partial charge is 0.330 e. The van der Waals surface area contributed by atoms with E-state index in [-0.39, 0.29) is 5.97 Å². The van der Waals surface area contributed by atoms with Crippen molar-refractivity contribution < 1.29 is 9.53 Å². The number of carbonyl (C=O) groups excluding carboxylic acids is 1. The Morgan fingerprint density at radius 3 is 3.00 bits per heavy atom. The lowest BCUT2D eigenvalue weighted by molar-refractivity contribution is -0.137. The molecular formula is C13H17N3O2. The van der Waals surface area contributed by atoms with E-state index < -0.39 is 0 Å². The molecule has 5 heteroatoms. The van der Waals surface area contributed by atoms with Gasteiger partial charge >= 0.3 is 5.97 Å². The van der Waals surface area contributed by atoms with Crippen LogP contribution in [-0.2, 0) is 9.53 Å². The van der Waals surface area contributed by atoms with Crippen molar-refractivity contribution >= 4 is 18.0 Å². The van der Waals surface area contributed by atoms with Crippen molar-refractivity contribution in [1.29, 1.82) is 0 Å². The van der Waals surface area contributed by atoms with E-state index in [0.717, 1.165) is 24.7 Å². The topological polar surface area (TPSA) is 55.3 Å². The zero-order valence-corrected chi connectivity index (χ0v) is 10.5. The molecule has 1 fully saturated rings. The summed E-state index contributed by atoms with van der Waals surface area (Å²) in [5.74, 6) is 0.386. The summed E-state index contributed by atoms with van der Waals surface area (Å²) in [5, 5.41) is 0. The molecule has 0 N–H and O–H groups in total. The van der Waals surface area contributed by atoms with Gasteiger partial charge in [-0.1, -0.05) is 0 Å². The van der Waals surface area contributed by atoms with Crippen LogP contribution < -0.4 is 4.90 Å². The minimum atomic E-state index is -0.348. The fraction of sp³-hybridized carbons (Fsp3) is 0.462. The number of nitrogens with zero attached hydrogens (tertiary/aromatic N) is 3. The number of aromatic nitrogens is 2. The first kappa shape index (κ1) is 12.5. The molecule has 5 nitrogen and oxygen atoms in total. The maximum atomic E-state index is 11.2. The van der Waals surface area contributed by atoms with Gasteiger partial charge in [-0.05, 0) is 31.9 Å². The summed E-state index contributed by atoms with van der Waals surface area (Å²) in [7, 11) is 0. The highest BCUT2D eigenvalue weighted by atomic mass is 16.5. The number of rotatable bonds is 4. The van der Waals surface area contributed by atoms with E-state index in [9.17, 15) is 4.79 Å².